The van der Waals surface area contributed by atoms with Crippen LogP contribution in [0.5, 0.6) is 0 Å². The van der Waals surface area contributed by atoms with Gasteiger partial charge in [-0.1, -0.05) is 6.08 Å². The van der Waals surface area contributed by atoms with Gasteiger partial charge in [-0.2, -0.15) is 8.39 Å². The quantitative estimate of drug-likeness (QED) is 0.259. The maximum atomic E-state index is 12.0. The zero-order valence-corrected chi connectivity index (χ0v) is 9.80. The third kappa shape index (κ3) is 10.0. The molecular weight excluding hydrogens is 237 g/mol. The zero-order chi connectivity index (χ0) is 12.2. The van der Waals surface area contributed by atoms with Crippen molar-refractivity contribution < 1.29 is 22.4 Å². The van der Waals surface area contributed by atoms with E-state index in [1.54, 1.807) is 0 Å². The van der Waals surface area contributed by atoms with Gasteiger partial charge in [0, 0.05) is 6.42 Å². The Morgan fingerprint density at radius 1 is 1.38 bits per heavy atom. The van der Waals surface area contributed by atoms with E-state index in [4.69, 9.17) is 15.9 Å². The van der Waals surface area contributed by atoms with Crippen LogP contribution in [0.2, 0.25) is 0 Å². The maximum Gasteiger partial charge on any atom is 0.415 e. The Labute approximate surface area is 95.8 Å². The average molecular weight is 252 g/mol. The van der Waals surface area contributed by atoms with E-state index in [0.29, 0.717) is 19.6 Å². The molecule has 6 heteroatoms. The molecule has 16 heavy (non-hydrogen) atoms. The third-order valence-electron chi connectivity index (χ3n) is 1.46. The van der Waals surface area contributed by atoms with E-state index >= 15 is 0 Å². The van der Waals surface area contributed by atoms with Crippen LogP contribution in [-0.4, -0.2) is 32.5 Å². The molecule has 0 aliphatic rings. The topological polar surface area (TPSA) is 27.7 Å². The molecule has 0 fully saturated rings. The van der Waals surface area contributed by atoms with Gasteiger partial charge in [-0.05, 0) is 0 Å². The Kier molecular flexibility index (Phi) is 10.6. The minimum absolute atomic E-state index is 0.0471. The van der Waals surface area contributed by atoms with Gasteiger partial charge in [0.25, 0.3) is 0 Å². The largest absolute Gasteiger partial charge is 0.415 e. The van der Waals surface area contributed by atoms with Crippen LogP contribution in [0.3, 0.4) is 0 Å². The highest BCUT2D eigenvalue weighted by Gasteiger charge is 2.17. The fourth-order valence-electron chi connectivity index (χ4n) is 0.850. The second kappa shape index (κ2) is 11.0. The zero-order valence-electron chi connectivity index (χ0n) is 8.90. The van der Waals surface area contributed by atoms with Crippen LogP contribution in [0, 0.1) is 12.3 Å². The lowest BCUT2D eigenvalue weighted by atomic mass is 10.4. The van der Waals surface area contributed by atoms with Gasteiger partial charge in [-0.15, -0.1) is 18.9 Å². The molecule has 0 saturated carbocycles. The van der Waals surface area contributed by atoms with Crippen molar-refractivity contribution in [2.45, 2.75) is 12.5 Å². The lowest BCUT2D eigenvalue weighted by Gasteiger charge is -2.15. The minimum Gasteiger partial charge on any atom is -0.378 e. The van der Waals surface area contributed by atoms with Crippen LogP contribution >= 0.6 is 8.77 Å². The summed E-state index contributed by atoms with van der Waals surface area (Å²) in [5, 5.41) is 0. The molecule has 0 bridgehead atoms. The van der Waals surface area contributed by atoms with Crippen LogP contribution in [-0.2, 0) is 14.0 Å². The predicted octanol–water partition coefficient (Wildman–Crippen LogP) is 2.78. The molecule has 0 amide bonds. The molecule has 0 spiro atoms. The molecule has 0 radical (unpaired) electrons. The number of ether oxygens (including phenoxy) is 2. The molecule has 0 aliphatic carbocycles. The molecular formula is C10H15F2O3P. The van der Waals surface area contributed by atoms with Crippen LogP contribution in [0.4, 0.5) is 8.39 Å². The molecule has 1 atom stereocenters. The van der Waals surface area contributed by atoms with Crippen molar-refractivity contribution in [3.63, 3.8) is 0 Å². The first-order chi connectivity index (χ1) is 7.70. The second-order valence-electron chi connectivity index (χ2n) is 2.78. The van der Waals surface area contributed by atoms with Crippen molar-refractivity contribution in [3.8, 4) is 12.3 Å². The smallest absolute Gasteiger partial charge is 0.378 e. The standard InChI is InChI=1S/C10H15F2O3P/c1-3-5-7-14-9-10(15-16(11)12)8-13-6-4-2/h1,4,10H,2,5-9H2. The first-order valence-corrected chi connectivity index (χ1v) is 5.73. The summed E-state index contributed by atoms with van der Waals surface area (Å²) in [5.41, 5.74) is 0. The van der Waals surface area contributed by atoms with Gasteiger partial charge in [0.1, 0.15) is 6.10 Å². The minimum atomic E-state index is -3.41. The fraction of sp³-hybridized carbons (Fsp3) is 0.600. The fourth-order valence-corrected chi connectivity index (χ4v) is 1.20. The number of rotatable bonds is 10. The van der Waals surface area contributed by atoms with Crippen molar-refractivity contribution in [1.82, 2.24) is 0 Å². The Hall–Kier alpha value is -0.530. The number of hydrogen-bond donors (Lipinski definition) is 0. The third-order valence-corrected chi connectivity index (χ3v) is 1.92. The normalized spacial score (nSPS) is 12.4. The van der Waals surface area contributed by atoms with Gasteiger partial charge in [0.15, 0.2) is 0 Å². The van der Waals surface area contributed by atoms with E-state index in [1.807, 2.05) is 0 Å². The molecule has 0 aromatic carbocycles. The van der Waals surface area contributed by atoms with Crippen molar-refractivity contribution in [2.75, 3.05) is 26.4 Å². The highest BCUT2D eigenvalue weighted by molar-refractivity contribution is 7.40. The summed E-state index contributed by atoms with van der Waals surface area (Å²) in [7, 11) is -3.41. The van der Waals surface area contributed by atoms with Crippen molar-refractivity contribution in [3.05, 3.63) is 12.7 Å². The molecule has 1 unspecified atom stereocenters. The molecule has 92 valence electrons. The SMILES string of the molecule is C#CCCOCC(COCC=C)OP(F)F. The van der Waals surface area contributed by atoms with Crippen LogP contribution < -0.4 is 0 Å². The molecule has 0 heterocycles. The highest BCUT2D eigenvalue weighted by atomic mass is 31.2. The van der Waals surface area contributed by atoms with E-state index in [1.165, 1.54) is 6.08 Å². The first-order valence-electron chi connectivity index (χ1n) is 4.69. The van der Waals surface area contributed by atoms with Gasteiger partial charge in [0.05, 0.1) is 26.4 Å². The maximum absolute atomic E-state index is 12.0. The summed E-state index contributed by atoms with van der Waals surface area (Å²) in [6.45, 7) is 4.16. The monoisotopic (exact) mass is 252 g/mol. The van der Waals surface area contributed by atoms with Gasteiger partial charge in [-0.25, -0.2) is 0 Å². The Balaban J connectivity index is 3.72. The molecule has 0 aromatic heterocycles. The number of terminal acetylenes is 1. The Bertz CT molecular complexity index is 219. The molecule has 0 aromatic rings. The number of halogens is 2. The summed E-state index contributed by atoms with van der Waals surface area (Å²) in [4.78, 5) is 0. The Morgan fingerprint density at radius 3 is 2.62 bits per heavy atom. The average Bonchev–Trinajstić information content (AvgIpc) is 2.23. The van der Waals surface area contributed by atoms with E-state index in [2.05, 4.69) is 17.0 Å². The van der Waals surface area contributed by atoms with E-state index in [0.717, 1.165) is 0 Å². The van der Waals surface area contributed by atoms with Gasteiger partial charge >= 0.3 is 8.77 Å². The summed E-state index contributed by atoms with van der Waals surface area (Å²) < 4.78 is 38.6. The van der Waals surface area contributed by atoms with Crippen molar-refractivity contribution in [2.24, 2.45) is 0 Å². The molecule has 0 saturated heterocycles. The summed E-state index contributed by atoms with van der Waals surface area (Å²) >= 11 is 0. The summed E-state index contributed by atoms with van der Waals surface area (Å²) in [6, 6.07) is 0. The lowest BCUT2D eigenvalue weighted by Crippen LogP contribution is -2.23. The molecule has 0 aliphatic heterocycles. The van der Waals surface area contributed by atoms with Crippen molar-refractivity contribution in [1.29, 1.82) is 0 Å². The second-order valence-corrected chi connectivity index (χ2v) is 3.40. The van der Waals surface area contributed by atoms with E-state index in [-0.39, 0.29) is 13.2 Å². The van der Waals surface area contributed by atoms with Crippen LogP contribution in [0.15, 0.2) is 12.7 Å². The first kappa shape index (κ1) is 15.5. The predicted molar refractivity (Wildman–Crippen MR) is 59.3 cm³/mol. The van der Waals surface area contributed by atoms with Gasteiger partial charge in [0.2, 0.25) is 0 Å². The Morgan fingerprint density at radius 2 is 2.06 bits per heavy atom. The van der Waals surface area contributed by atoms with Crippen LogP contribution in [0.25, 0.3) is 0 Å². The number of hydrogen-bond acceptors (Lipinski definition) is 3. The van der Waals surface area contributed by atoms with Gasteiger partial charge < -0.3 is 9.47 Å². The summed E-state index contributed by atoms with van der Waals surface area (Å²) in [6.07, 6.45) is 6.22. The lowest BCUT2D eigenvalue weighted by molar-refractivity contribution is 0.00123. The van der Waals surface area contributed by atoms with E-state index in [9.17, 15) is 8.39 Å². The van der Waals surface area contributed by atoms with Crippen molar-refractivity contribution >= 4 is 8.77 Å². The van der Waals surface area contributed by atoms with E-state index < -0.39 is 14.9 Å². The molecule has 0 rings (SSSR count). The summed E-state index contributed by atoms with van der Waals surface area (Å²) in [5.74, 6) is 2.38. The molecule has 0 N–H and O–H groups in total. The van der Waals surface area contributed by atoms with Gasteiger partial charge in [-0.3, -0.25) is 4.52 Å². The highest BCUT2D eigenvalue weighted by Crippen LogP contribution is 2.41. The van der Waals surface area contributed by atoms with Crippen LogP contribution in [0.1, 0.15) is 6.42 Å². The molecule has 3 nitrogen and oxygen atoms in total.